The molecular weight excluding hydrogens is 218 g/mol. The van der Waals surface area contributed by atoms with Gasteiger partial charge in [0, 0.05) is 29.0 Å². The molecule has 1 fully saturated rings. The van der Waals surface area contributed by atoms with Crippen molar-refractivity contribution in [1.29, 1.82) is 0 Å². The van der Waals surface area contributed by atoms with E-state index >= 15 is 0 Å². The van der Waals surface area contributed by atoms with E-state index < -0.39 is 0 Å². The fourth-order valence-electron chi connectivity index (χ4n) is 2.16. The Balaban J connectivity index is 2.02. The molecule has 0 radical (unpaired) electrons. The molecule has 66 valence electrons. The molecule has 2 rings (SSSR count). The van der Waals surface area contributed by atoms with Gasteiger partial charge in [0.1, 0.15) is 0 Å². The molecule has 1 amide bonds. The van der Waals surface area contributed by atoms with E-state index in [0.29, 0.717) is 0 Å². The van der Waals surface area contributed by atoms with Crippen LogP contribution in [0.1, 0.15) is 12.8 Å². The van der Waals surface area contributed by atoms with Crippen LogP contribution in [-0.4, -0.2) is 22.8 Å². The lowest BCUT2D eigenvalue weighted by Crippen LogP contribution is -2.22. The van der Waals surface area contributed by atoms with Crippen molar-refractivity contribution in [2.45, 2.75) is 12.8 Å². The highest BCUT2D eigenvalue weighted by molar-refractivity contribution is 9.18. The van der Waals surface area contributed by atoms with Gasteiger partial charge in [0.05, 0.1) is 0 Å². The fourth-order valence-corrected chi connectivity index (χ4v) is 2.45. The van der Waals surface area contributed by atoms with Crippen LogP contribution in [0.2, 0.25) is 0 Å². The number of halogens is 1. The Morgan fingerprint density at radius 3 is 2.17 bits per heavy atom. The summed E-state index contributed by atoms with van der Waals surface area (Å²) in [6.07, 6.45) is 6.79. The average Bonchev–Trinajstić information content (AvgIpc) is 2.46. The summed E-state index contributed by atoms with van der Waals surface area (Å²) in [5.41, 5.74) is 0. The summed E-state index contributed by atoms with van der Waals surface area (Å²) >= 11 is 3.00. The Morgan fingerprint density at radius 1 is 1.25 bits per heavy atom. The second-order valence-electron chi connectivity index (χ2n) is 3.62. The first-order valence-electron chi connectivity index (χ1n) is 4.37. The van der Waals surface area contributed by atoms with Gasteiger partial charge in [-0.15, -0.1) is 0 Å². The lowest BCUT2D eigenvalue weighted by atomic mass is 9.86. The Hall–Kier alpha value is -0.310. The topological polar surface area (TPSA) is 20.3 Å². The molecular formula is C9H12BrNO. The molecule has 0 aromatic carbocycles. The Morgan fingerprint density at radius 2 is 1.75 bits per heavy atom. The predicted molar refractivity (Wildman–Crippen MR) is 51.3 cm³/mol. The molecule has 0 aromatic rings. The summed E-state index contributed by atoms with van der Waals surface area (Å²) in [5, 5.41) is 0. The molecule has 0 spiro atoms. The molecule has 2 atom stereocenters. The summed E-state index contributed by atoms with van der Waals surface area (Å²) in [5.74, 6) is 1.44. The number of hydrogen-bond acceptors (Lipinski definition) is 1. The highest BCUT2D eigenvalue weighted by Crippen LogP contribution is 2.33. The second-order valence-corrected chi connectivity index (χ2v) is 4.30. The number of nitrogens with zero attached hydrogens (tertiary/aromatic N) is 1. The van der Waals surface area contributed by atoms with Gasteiger partial charge in [0.15, 0.2) is 0 Å². The lowest BCUT2D eigenvalue weighted by Gasteiger charge is -2.17. The van der Waals surface area contributed by atoms with E-state index in [2.05, 4.69) is 28.1 Å². The van der Waals surface area contributed by atoms with Crippen molar-refractivity contribution < 1.29 is 4.79 Å². The smallest absolute Gasteiger partial charge is 0.289 e. The van der Waals surface area contributed by atoms with Crippen LogP contribution in [0.5, 0.6) is 0 Å². The van der Waals surface area contributed by atoms with Crippen LogP contribution in [0, 0.1) is 11.8 Å². The van der Waals surface area contributed by atoms with Gasteiger partial charge in [0.2, 0.25) is 0 Å². The van der Waals surface area contributed by atoms with E-state index in [1.807, 2.05) is 4.90 Å². The Labute approximate surface area is 80.7 Å². The molecule has 0 bridgehead atoms. The highest BCUT2D eigenvalue weighted by Gasteiger charge is 2.34. The van der Waals surface area contributed by atoms with Crippen LogP contribution < -0.4 is 0 Å². The minimum absolute atomic E-state index is 0.0527. The number of likely N-dealkylation sites (tertiary alicyclic amines) is 1. The molecule has 2 nitrogen and oxygen atoms in total. The normalized spacial score (nSPS) is 33.6. The van der Waals surface area contributed by atoms with Crippen LogP contribution in [0.3, 0.4) is 0 Å². The van der Waals surface area contributed by atoms with Crippen LogP contribution in [0.25, 0.3) is 0 Å². The lowest BCUT2D eigenvalue weighted by molar-refractivity contribution is 0.232. The number of carbonyl (C=O) groups excluding carboxylic acids is 1. The minimum Gasteiger partial charge on any atom is -0.333 e. The van der Waals surface area contributed by atoms with Crippen LogP contribution in [0.4, 0.5) is 4.79 Å². The third-order valence-electron chi connectivity index (χ3n) is 2.87. The standard InChI is InChI=1S/C9H12BrNO/c10-9(12)11-5-7-3-1-2-4-8(7)6-11/h1-2,7-8H,3-6H2/t7-,8+. The SMILES string of the molecule is O=C(Br)N1C[C@H]2CC=CC[C@H]2C1. The van der Waals surface area contributed by atoms with E-state index in [0.717, 1.165) is 37.8 Å². The maximum absolute atomic E-state index is 11.0. The summed E-state index contributed by atoms with van der Waals surface area (Å²) in [6.45, 7) is 1.89. The molecule has 0 saturated carbocycles. The van der Waals surface area contributed by atoms with Gasteiger partial charge < -0.3 is 4.90 Å². The van der Waals surface area contributed by atoms with Crippen LogP contribution in [0.15, 0.2) is 12.2 Å². The molecule has 1 aliphatic heterocycles. The number of carbonyl (C=O) groups is 1. The van der Waals surface area contributed by atoms with Gasteiger partial charge in [-0.3, -0.25) is 4.79 Å². The first-order valence-corrected chi connectivity index (χ1v) is 5.16. The highest BCUT2D eigenvalue weighted by atomic mass is 79.9. The maximum Gasteiger partial charge on any atom is 0.289 e. The van der Waals surface area contributed by atoms with Crippen molar-refractivity contribution in [3.8, 4) is 0 Å². The molecule has 2 aliphatic rings. The molecule has 0 N–H and O–H groups in total. The number of hydrogen-bond donors (Lipinski definition) is 0. The van der Waals surface area contributed by atoms with E-state index in [1.54, 1.807) is 0 Å². The monoisotopic (exact) mass is 229 g/mol. The second kappa shape index (κ2) is 3.21. The summed E-state index contributed by atoms with van der Waals surface area (Å²) < 4.78 is 0. The van der Waals surface area contributed by atoms with Crippen molar-refractivity contribution in [3.63, 3.8) is 0 Å². The number of rotatable bonds is 0. The van der Waals surface area contributed by atoms with Crippen molar-refractivity contribution in [2.75, 3.05) is 13.1 Å². The van der Waals surface area contributed by atoms with E-state index in [9.17, 15) is 4.79 Å². The molecule has 1 saturated heterocycles. The van der Waals surface area contributed by atoms with Crippen molar-refractivity contribution in [1.82, 2.24) is 4.90 Å². The van der Waals surface area contributed by atoms with Gasteiger partial charge in [-0.1, -0.05) is 12.2 Å². The molecule has 3 heteroatoms. The molecule has 12 heavy (non-hydrogen) atoms. The molecule has 1 heterocycles. The number of allylic oxidation sites excluding steroid dienone is 2. The summed E-state index contributed by atoms with van der Waals surface area (Å²) in [7, 11) is 0. The van der Waals surface area contributed by atoms with Crippen LogP contribution >= 0.6 is 15.9 Å². The van der Waals surface area contributed by atoms with Crippen molar-refractivity contribution in [2.24, 2.45) is 11.8 Å². The molecule has 0 aromatic heterocycles. The number of amides is 1. The van der Waals surface area contributed by atoms with E-state index in [1.165, 1.54) is 0 Å². The average molecular weight is 230 g/mol. The molecule has 0 unspecified atom stereocenters. The maximum atomic E-state index is 11.0. The zero-order valence-corrected chi connectivity index (χ0v) is 8.46. The largest absolute Gasteiger partial charge is 0.333 e. The quantitative estimate of drug-likeness (QED) is 0.355. The summed E-state index contributed by atoms with van der Waals surface area (Å²) in [6, 6.07) is 0. The van der Waals surface area contributed by atoms with E-state index in [-0.39, 0.29) is 4.82 Å². The number of fused-ring (bicyclic) bond motifs is 1. The fraction of sp³-hybridized carbons (Fsp3) is 0.667. The molecule has 1 aliphatic carbocycles. The van der Waals surface area contributed by atoms with Gasteiger partial charge in [-0.05, 0) is 24.7 Å². The van der Waals surface area contributed by atoms with Crippen LogP contribution in [-0.2, 0) is 0 Å². The van der Waals surface area contributed by atoms with Gasteiger partial charge in [-0.25, -0.2) is 0 Å². The zero-order valence-electron chi connectivity index (χ0n) is 6.87. The zero-order chi connectivity index (χ0) is 8.55. The van der Waals surface area contributed by atoms with Gasteiger partial charge in [-0.2, -0.15) is 0 Å². The van der Waals surface area contributed by atoms with Gasteiger partial charge >= 0.3 is 0 Å². The minimum atomic E-state index is 0.0527. The van der Waals surface area contributed by atoms with Gasteiger partial charge in [0.25, 0.3) is 4.82 Å². The first kappa shape index (κ1) is 8.30. The first-order chi connectivity index (χ1) is 5.77. The predicted octanol–water partition coefficient (Wildman–Crippen LogP) is 2.40. The third kappa shape index (κ3) is 1.42. The third-order valence-corrected chi connectivity index (χ3v) is 3.37. The van der Waals surface area contributed by atoms with Crippen molar-refractivity contribution >= 4 is 20.7 Å². The Bertz CT molecular complexity index is 211. The van der Waals surface area contributed by atoms with E-state index in [4.69, 9.17) is 0 Å². The summed E-state index contributed by atoms with van der Waals surface area (Å²) in [4.78, 5) is 13.0. The van der Waals surface area contributed by atoms with Crippen molar-refractivity contribution in [3.05, 3.63) is 12.2 Å². The Kier molecular flexibility index (Phi) is 2.22.